The average Bonchev–Trinajstić information content (AvgIpc) is 2.54. The maximum absolute atomic E-state index is 4.92. The fraction of sp³-hybridized carbons (Fsp3) is 0.706. The summed E-state index contributed by atoms with van der Waals surface area (Å²) in [6, 6.07) is 10.4. The average molecular weight is 434 g/mol. The Hall–Kier alpha value is 0.314. The van der Waals surface area contributed by atoms with Crippen molar-refractivity contribution in [3.8, 4) is 0 Å². The van der Waals surface area contributed by atoms with Gasteiger partial charge >= 0.3 is 0 Å². The first-order chi connectivity index (χ1) is 10.0. The van der Waals surface area contributed by atoms with E-state index in [1.54, 1.807) is 8.76 Å². The van der Waals surface area contributed by atoms with Crippen LogP contribution in [0.4, 0.5) is 0 Å². The minimum Gasteiger partial charge on any atom is -0.265 e. The van der Waals surface area contributed by atoms with Crippen LogP contribution in [-0.2, 0) is 0 Å². The zero-order valence-electron chi connectivity index (χ0n) is 14.7. The van der Waals surface area contributed by atoms with Crippen LogP contribution in [0.5, 0.6) is 0 Å². The van der Waals surface area contributed by atoms with Crippen molar-refractivity contribution in [3.05, 3.63) is 15.8 Å². The Morgan fingerprint density at radius 3 is 1.62 bits per heavy atom. The highest BCUT2D eigenvalue weighted by Gasteiger charge is 2.37. The minimum absolute atomic E-state index is 1.31. The van der Waals surface area contributed by atoms with Gasteiger partial charge in [0.1, 0.15) is 8.07 Å². The van der Waals surface area contributed by atoms with E-state index in [-0.39, 0.29) is 0 Å². The van der Waals surface area contributed by atoms with Crippen LogP contribution >= 0.6 is 22.6 Å². The lowest BCUT2D eigenvalue weighted by Gasteiger charge is -2.34. The summed E-state index contributed by atoms with van der Waals surface area (Å²) >= 11 is 2.64. The number of hydrogen-bond acceptors (Lipinski definition) is 1. The Morgan fingerprint density at radius 2 is 1.24 bits per heavy atom. The second kappa shape index (κ2) is 8.25. The molecule has 1 nitrogen and oxygen atoms in total. The van der Waals surface area contributed by atoms with Gasteiger partial charge in [0.25, 0.3) is 0 Å². The van der Waals surface area contributed by atoms with Crippen molar-refractivity contribution >= 4 is 49.2 Å². The molecule has 0 saturated carbocycles. The van der Waals surface area contributed by atoms with Crippen LogP contribution in [0.25, 0.3) is 0 Å². The Balaban J connectivity index is 3.52. The molecule has 4 heteroatoms. The van der Waals surface area contributed by atoms with E-state index in [9.17, 15) is 0 Å². The molecule has 1 rings (SSSR count). The van der Waals surface area contributed by atoms with Crippen molar-refractivity contribution in [3.63, 3.8) is 0 Å². The fourth-order valence-corrected chi connectivity index (χ4v) is 14.8. The molecule has 0 amide bonds. The third-order valence-corrected chi connectivity index (χ3v) is 19.2. The number of hydrogen-bond donors (Lipinski definition) is 0. The van der Waals surface area contributed by atoms with Crippen molar-refractivity contribution in [2.45, 2.75) is 77.8 Å². The van der Waals surface area contributed by atoms with Gasteiger partial charge in [0, 0.05) is 15.1 Å². The van der Waals surface area contributed by atoms with Crippen molar-refractivity contribution < 1.29 is 0 Å². The van der Waals surface area contributed by atoms with Crippen LogP contribution < -0.4 is 10.5 Å². The summed E-state index contributed by atoms with van der Waals surface area (Å²) in [5.41, 5.74) is 0. The van der Waals surface area contributed by atoms with Gasteiger partial charge in [0.05, 0.1) is 8.07 Å². The Kier molecular flexibility index (Phi) is 7.60. The van der Waals surface area contributed by atoms with Crippen molar-refractivity contribution in [2.24, 2.45) is 0 Å². The minimum atomic E-state index is -1.38. The quantitative estimate of drug-likeness (QED) is 0.410. The third-order valence-electron chi connectivity index (χ3n) is 6.02. The van der Waals surface area contributed by atoms with Gasteiger partial charge in [-0.2, -0.15) is 0 Å². The molecule has 1 aromatic heterocycles. The van der Waals surface area contributed by atoms with Crippen LogP contribution in [0.2, 0.25) is 36.3 Å². The van der Waals surface area contributed by atoms with Gasteiger partial charge < -0.3 is 0 Å². The highest BCUT2D eigenvalue weighted by molar-refractivity contribution is 14.1. The molecule has 21 heavy (non-hydrogen) atoms. The number of nitrogens with zero attached hydrogens (tertiary/aromatic N) is 1. The monoisotopic (exact) mass is 433 g/mol. The lowest BCUT2D eigenvalue weighted by atomic mass is 10.5. The first-order valence-electron chi connectivity index (χ1n) is 8.66. The largest absolute Gasteiger partial charge is 0.265 e. The lowest BCUT2D eigenvalue weighted by Crippen LogP contribution is -2.55. The van der Waals surface area contributed by atoms with E-state index in [1.165, 1.54) is 41.6 Å². The van der Waals surface area contributed by atoms with Crippen LogP contribution in [0.15, 0.2) is 12.3 Å². The Morgan fingerprint density at radius 1 is 0.810 bits per heavy atom. The SMILES string of the molecule is CC[Si](CC)(CC)c1ccnc([Si](CC)(CC)CC)c1I. The second-order valence-corrected chi connectivity index (χ2v) is 17.7. The molecule has 0 fully saturated rings. The van der Waals surface area contributed by atoms with E-state index in [0.29, 0.717) is 0 Å². The lowest BCUT2D eigenvalue weighted by molar-refractivity contribution is 1.16. The summed E-state index contributed by atoms with van der Waals surface area (Å²) in [4.78, 5) is 4.92. The summed E-state index contributed by atoms with van der Waals surface area (Å²) in [6.45, 7) is 14.4. The Bertz CT molecular complexity index is 399. The van der Waals surface area contributed by atoms with E-state index in [0.717, 1.165) is 0 Å². The fourth-order valence-electron chi connectivity index (χ4n) is 3.80. The van der Waals surface area contributed by atoms with Gasteiger partial charge in [-0.15, -0.1) is 0 Å². The molecule has 0 unspecified atom stereocenters. The first-order valence-corrected chi connectivity index (χ1v) is 15.0. The zero-order valence-corrected chi connectivity index (χ0v) is 18.9. The topological polar surface area (TPSA) is 12.9 Å². The summed E-state index contributed by atoms with van der Waals surface area (Å²) in [7, 11) is -2.69. The number of aromatic nitrogens is 1. The van der Waals surface area contributed by atoms with Gasteiger partial charge in [-0.05, 0) is 33.8 Å². The molecule has 0 spiro atoms. The number of rotatable bonds is 8. The molecule has 0 aliphatic rings. The molecule has 0 N–H and O–H groups in total. The summed E-state index contributed by atoms with van der Waals surface area (Å²) < 4.78 is 1.55. The van der Waals surface area contributed by atoms with E-state index in [2.05, 4.69) is 76.4 Å². The maximum Gasteiger partial charge on any atom is 0.111 e. The smallest absolute Gasteiger partial charge is 0.111 e. The highest BCUT2D eigenvalue weighted by atomic mass is 127. The van der Waals surface area contributed by atoms with Crippen molar-refractivity contribution in [1.82, 2.24) is 4.98 Å². The summed E-state index contributed by atoms with van der Waals surface area (Å²) in [5.74, 6) is 0. The predicted octanol–water partition coefficient (Wildman–Crippen LogP) is 5.12. The molecule has 0 aromatic carbocycles. The molecule has 0 atom stereocenters. The molecule has 0 radical (unpaired) electrons. The standard InChI is InChI=1S/C17H32INSi2/c1-7-20(8-2,9-3)15-13-14-19-17(16(15)18)21(10-4,11-5)12-6/h13-14H,7-12H2,1-6H3. The summed E-state index contributed by atoms with van der Waals surface area (Å²) in [6.07, 6.45) is 2.12. The van der Waals surface area contributed by atoms with Gasteiger partial charge in [-0.1, -0.05) is 77.8 Å². The third kappa shape index (κ3) is 3.47. The van der Waals surface area contributed by atoms with Crippen molar-refractivity contribution in [1.29, 1.82) is 0 Å². The Labute approximate surface area is 147 Å². The zero-order chi connectivity index (χ0) is 16.1. The highest BCUT2D eigenvalue weighted by Crippen LogP contribution is 2.25. The first kappa shape index (κ1) is 19.4. The molecular formula is C17H32INSi2. The molecule has 1 heterocycles. The van der Waals surface area contributed by atoms with Crippen LogP contribution in [0.1, 0.15) is 41.5 Å². The molecule has 0 aliphatic carbocycles. The van der Waals surface area contributed by atoms with Gasteiger partial charge in [-0.25, -0.2) is 0 Å². The normalized spacial score (nSPS) is 12.7. The molecule has 120 valence electrons. The number of pyridine rings is 1. The van der Waals surface area contributed by atoms with Crippen LogP contribution in [0.3, 0.4) is 0 Å². The molecule has 1 aromatic rings. The van der Waals surface area contributed by atoms with E-state index in [1.807, 2.05) is 0 Å². The van der Waals surface area contributed by atoms with E-state index in [4.69, 9.17) is 4.98 Å². The van der Waals surface area contributed by atoms with Gasteiger partial charge in [0.2, 0.25) is 0 Å². The molecule has 0 saturated heterocycles. The van der Waals surface area contributed by atoms with E-state index >= 15 is 0 Å². The predicted molar refractivity (Wildman–Crippen MR) is 111 cm³/mol. The van der Waals surface area contributed by atoms with Gasteiger partial charge in [0.15, 0.2) is 0 Å². The molecular weight excluding hydrogens is 401 g/mol. The number of halogens is 1. The second-order valence-electron chi connectivity index (χ2n) is 6.20. The van der Waals surface area contributed by atoms with E-state index < -0.39 is 16.1 Å². The summed E-state index contributed by atoms with van der Waals surface area (Å²) in [5, 5.41) is 3.22. The maximum atomic E-state index is 4.92. The molecule has 0 aliphatic heterocycles. The van der Waals surface area contributed by atoms with Crippen molar-refractivity contribution in [2.75, 3.05) is 0 Å². The van der Waals surface area contributed by atoms with Gasteiger partial charge in [-0.3, -0.25) is 4.98 Å². The van der Waals surface area contributed by atoms with Crippen LogP contribution in [0, 0.1) is 3.57 Å². The molecule has 0 bridgehead atoms. The van der Waals surface area contributed by atoms with Crippen LogP contribution in [-0.4, -0.2) is 21.1 Å².